The Labute approximate surface area is 129 Å². The molecule has 1 amide bonds. The molecule has 1 N–H and O–H groups in total. The molecule has 0 saturated heterocycles. The molecule has 20 heavy (non-hydrogen) atoms. The number of halogens is 1. The van der Waals surface area contributed by atoms with Crippen LogP contribution in [-0.4, -0.2) is 29.0 Å². The van der Waals surface area contributed by atoms with Crippen LogP contribution in [0.25, 0.3) is 0 Å². The monoisotopic (exact) mass is 308 g/mol. The maximum Gasteiger partial charge on any atom is 0.230 e. The number of carbonyl (C=O) groups excluding carboxylic acids is 1. The van der Waals surface area contributed by atoms with E-state index in [1.165, 1.54) is 0 Å². The van der Waals surface area contributed by atoms with Crippen molar-refractivity contribution < 1.29 is 4.79 Å². The summed E-state index contributed by atoms with van der Waals surface area (Å²) in [7, 11) is 0. The third-order valence-corrected chi connectivity index (χ3v) is 3.12. The van der Waals surface area contributed by atoms with Gasteiger partial charge in [0, 0.05) is 18.1 Å². The fraction of sp³-hybridized carbons (Fsp3) is 0.200. The van der Waals surface area contributed by atoms with Gasteiger partial charge in [-0.15, -0.1) is 13.2 Å². The first-order chi connectivity index (χ1) is 9.56. The molecule has 106 valence electrons. The summed E-state index contributed by atoms with van der Waals surface area (Å²) in [4.78, 5) is 13.7. The van der Waals surface area contributed by atoms with Gasteiger partial charge in [-0.2, -0.15) is 0 Å². The Hall–Kier alpha value is -1.65. The Morgan fingerprint density at radius 1 is 1.25 bits per heavy atom. The first-order valence-electron chi connectivity index (χ1n) is 6.11. The van der Waals surface area contributed by atoms with Crippen LogP contribution in [0.15, 0.2) is 49.6 Å². The first kappa shape index (κ1) is 16.4. The Morgan fingerprint density at radius 3 is 2.30 bits per heavy atom. The van der Waals surface area contributed by atoms with Crippen molar-refractivity contribution >= 4 is 34.8 Å². The van der Waals surface area contributed by atoms with Crippen molar-refractivity contribution in [1.29, 1.82) is 0 Å². The molecule has 5 heteroatoms. The van der Waals surface area contributed by atoms with Gasteiger partial charge in [-0.05, 0) is 29.9 Å². The summed E-state index contributed by atoms with van der Waals surface area (Å²) >= 11 is 11.0. The Bertz CT molecular complexity index is 489. The minimum absolute atomic E-state index is 0.157. The standard InChI is InChI=1S/C15H17ClN2OS/c1-3-9-18(10-4-2)15(20)17-14(19)11-12-5-7-13(16)8-6-12/h3-8H,1-2,9-11H2,(H,17,19,20). The number of amides is 1. The normalized spacial score (nSPS) is 9.65. The summed E-state index contributed by atoms with van der Waals surface area (Å²) in [5, 5.41) is 3.73. The highest BCUT2D eigenvalue weighted by Crippen LogP contribution is 2.09. The molecule has 0 aliphatic heterocycles. The molecule has 0 unspecified atom stereocenters. The fourth-order valence-corrected chi connectivity index (χ4v) is 1.97. The minimum atomic E-state index is -0.157. The smallest absolute Gasteiger partial charge is 0.230 e. The second kappa shape index (κ2) is 8.51. The minimum Gasteiger partial charge on any atom is -0.342 e. The van der Waals surface area contributed by atoms with Crippen LogP contribution < -0.4 is 5.32 Å². The van der Waals surface area contributed by atoms with Crippen LogP contribution in [0.1, 0.15) is 5.56 Å². The summed E-state index contributed by atoms with van der Waals surface area (Å²) in [6.07, 6.45) is 3.70. The molecule has 0 spiro atoms. The zero-order valence-corrected chi connectivity index (χ0v) is 12.7. The van der Waals surface area contributed by atoms with E-state index in [0.717, 1.165) is 5.56 Å². The number of nitrogens with zero attached hydrogens (tertiary/aromatic N) is 1. The third kappa shape index (κ3) is 5.55. The van der Waals surface area contributed by atoms with Crippen molar-refractivity contribution in [2.75, 3.05) is 13.1 Å². The second-order valence-electron chi connectivity index (χ2n) is 4.14. The molecule has 0 aliphatic rings. The summed E-state index contributed by atoms with van der Waals surface area (Å²) in [5.41, 5.74) is 0.883. The topological polar surface area (TPSA) is 32.3 Å². The van der Waals surface area contributed by atoms with Crippen molar-refractivity contribution in [3.05, 3.63) is 60.2 Å². The molecule has 0 saturated carbocycles. The Morgan fingerprint density at radius 2 is 1.80 bits per heavy atom. The summed E-state index contributed by atoms with van der Waals surface area (Å²) in [6.45, 7) is 8.44. The lowest BCUT2D eigenvalue weighted by Crippen LogP contribution is -2.43. The highest BCUT2D eigenvalue weighted by Gasteiger charge is 2.10. The maximum atomic E-state index is 11.9. The van der Waals surface area contributed by atoms with E-state index in [2.05, 4.69) is 18.5 Å². The highest BCUT2D eigenvalue weighted by molar-refractivity contribution is 7.80. The Kier molecular flexibility index (Phi) is 6.98. The molecule has 0 radical (unpaired) electrons. The van der Waals surface area contributed by atoms with Crippen LogP contribution in [0, 0.1) is 0 Å². The van der Waals surface area contributed by atoms with Gasteiger partial charge in [0.2, 0.25) is 5.91 Å². The number of thiocarbonyl (C=S) groups is 1. The first-order valence-corrected chi connectivity index (χ1v) is 6.90. The third-order valence-electron chi connectivity index (χ3n) is 2.51. The van der Waals surface area contributed by atoms with Crippen molar-refractivity contribution in [2.45, 2.75) is 6.42 Å². The zero-order chi connectivity index (χ0) is 15.0. The number of carbonyl (C=O) groups is 1. The van der Waals surface area contributed by atoms with E-state index in [0.29, 0.717) is 23.2 Å². The van der Waals surface area contributed by atoms with E-state index in [4.69, 9.17) is 23.8 Å². The molecule has 0 atom stereocenters. The number of nitrogens with one attached hydrogen (secondary N) is 1. The lowest BCUT2D eigenvalue weighted by atomic mass is 10.1. The van der Waals surface area contributed by atoms with Crippen LogP contribution in [0.5, 0.6) is 0 Å². The van der Waals surface area contributed by atoms with Gasteiger partial charge < -0.3 is 10.2 Å². The molecule has 0 aliphatic carbocycles. The summed E-state index contributed by atoms with van der Waals surface area (Å²) < 4.78 is 0. The van der Waals surface area contributed by atoms with E-state index in [9.17, 15) is 4.79 Å². The van der Waals surface area contributed by atoms with E-state index in [1.54, 1.807) is 29.2 Å². The zero-order valence-electron chi connectivity index (χ0n) is 11.1. The van der Waals surface area contributed by atoms with Crippen molar-refractivity contribution in [3.8, 4) is 0 Å². The summed E-state index contributed by atoms with van der Waals surface area (Å²) in [5.74, 6) is -0.157. The van der Waals surface area contributed by atoms with E-state index in [1.807, 2.05) is 12.1 Å². The Balaban J connectivity index is 2.55. The van der Waals surface area contributed by atoms with Crippen LogP contribution in [-0.2, 0) is 11.2 Å². The molecule has 1 rings (SSSR count). The van der Waals surface area contributed by atoms with Crippen LogP contribution in [0.2, 0.25) is 5.02 Å². The number of hydrogen-bond acceptors (Lipinski definition) is 2. The predicted molar refractivity (Wildman–Crippen MR) is 87.9 cm³/mol. The predicted octanol–water partition coefficient (Wildman–Crippen LogP) is 2.96. The molecular formula is C15H17ClN2OS. The molecule has 0 bridgehead atoms. The average Bonchev–Trinajstić information content (AvgIpc) is 2.41. The lowest BCUT2D eigenvalue weighted by Gasteiger charge is -2.22. The molecule has 1 aromatic rings. The van der Waals surface area contributed by atoms with Gasteiger partial charge in [-0.3, -0.25) is 4.79 Å². The second-order valence-corrected chi connectivity index (χ2v) is 4.96. The largest absolute Gasteiger partial charge is 0.342 e. The average molecular weight is 309 g/mol. The fourth-order valence-electron chi connectivity index (χ4n) is 1.58. The number of hydrogen-bond donors (Lipinski definition) is 1. The van der Waals surface area contributed by atoms with E-state index >= 15 is 0 Å². The van der Waals surface area contributed by atoms with Gasteiger partial charge in [0.25, 0.3) is 0 Å². The van der Waals surface area contributed by atoms with Gasteiger partial charge in [0.15, 0.2) is 5.11 Å². The van der Waals surface area contributed by atoms with Crippen LogP contribution in [0.3, 0.4) is 0 Å². The summed E-state index contributed by atoms with van der Waals surface area (Å²) in [6, 6.07) is 7.14. The SMILES string of the molecule is C=CCN(CC=C)C(=S)NC(=O)Cc1ccc(Cl)cc1. The van der Waals surface area contributed by atoms with Crippen molar-refractivity contribution in [1.82, 2.24) is 10.2 Å². The molecular weight excluding hydrogens is 292 g/mol. The van der Waals surface area contributed by atoms with E-state index < -0.39 is 0 Å². The molecule has 0 fully saturated rings. The van der Waals surface area contributed by atoms with Gasteiger partial charge >= 0.3 is 0 Å². The molecule has 1 aromatic carbocycles. The molecule has 0 heterocycles. The van der Waals surface area contributed by atoms with E-state index in [-0.39, 0.29) is 12.3 Å². The van der Waals surface area contributed by atoms with Crippen molar-refractivity contribution in [3.63, 3.8) is 0 Å². The van der Waals surface area contributed by atoms with Gasteiger partial charge in [0.05, 0.1) is 6.42 Å². The van der Waals surface area contributed by atoms with Gasteiger partial charge in [-0.25, -0.2) is 0 Å². The van der Waals surface area contributed by atoms with Gasteiger partial charge in [0.1, 0.15) is 0 Å². The molecule has 0 aromatic heterocycles. The highest BCUT2D eigenvalue weighted by atomic mass is 35.5. The van der Waals surface area contributed by atoms with Crippen LogP contribution >= 0.6 is 23.8 Å². The quantitative estimate of drug-likeness (QED) is 0.648. The molecule has 3 nitrogen and oxygen atoms in total. The van der Waals surface area contributed by atoms with Gasteiger partial charge in [-0.1, -0.05) is 35.9 Å². The van der Waals surface area contributed by atoms with Crippen LogP contribution in [0.4, 0.5) is 0 Å². The number of benzene rings is 1. The maximum absolute atomic E-state index is 11.9. The number of rotatable bonds is 6. The lowest BCUT2D eigenvalue weighted by molar-refractivity contribution is -0.119. The van der Waals surface area contributed by atoms with Crippen molar-refractivity contribution in [2.24, 2.45) is 0 Å².